The van der Waals surface area contributed by atoms with Crippen molar-refractivity contribution in [2.45, 2.75) is 52.9 Å². The van der Waals surface area contributed by atoms with Crippen LogP contribution in [0, 0.1) is 76.7 Å². The van der Waals surface area contributed by atoms with Crippen molar-refractivity contribution in [1.29, 1.82) is 0 Å². The van der Waals surface area contributed by atoms with Gasteiger partial charge in [-0.2, -0.15) is 0 Å². The van der Waals surface area contributed by atoms with E-state index >= 15 is 35.1 Å². The summed E-state index contributed by atoms with van der Waals surface area (Å²) < 4.78 is 181. The van der Waals surface area contributed by atoms with Crippen molar-refractivity contribution in [1.82, 2.24) is 0 Å². The Kier molecular flexibility index (Phi) is 8.87. The van der Waals surface area contributed by atoms with Crippen LogP contribution in [0.25, 0.3) is 33.4 Å². The molecule has 44 heavy (non-hydrogen) atoms. The second kappa shape index (κ2) is 11.9. The third-order valence-corrected chi connectivity index (χ3v) is 7.56. The van der Waals surface area contributed by atoms with Crippen molar-refractivity contribution in [3.63, 3.8) is 0 Å². The third-order valence-electron chi connectivity index (χ3n) is 7.56. The van der Waals surface area contributed by atoms with Gasteiger partial charge < -0.3 is 0 Å². The number of hydrogen-bond acceptors (Lipinski definition) is 0. The first-order chi connectivity index (χ1) is 20.5. The molecule has 0 aliphatic heterocycles. The third kappa shape index (κ3) is 5.01. The molecule has 0 nitrogen and oxygen atoms in total. The van der Waals surface area contributed by atoms with E-state index in [9.17, 15) is 17.6 Å². The van der Waals surface area contributed by atoms with Gasteiger partial charge in [0.05, 0.1) is 16.7 Å². The average molecular weight is 635 g/mol. The van der Waals surface area contributed by atoms with Crippen LogP contribution in [0.5, 0.6) is 0 Å². The SMILES string of the molecule is CCC(C)c1c(F)c(F)c(-c2cc(-c3c(F)c(F)c(C)c(F)c3F)cc(-c3c(F)c(F)c(C(C)C)c(F)c3F)c2)c(F)c1F. The minimum atomic E-state index is -2.05. The molecule has 0 spiro atoms. The van der Waals surface area contributed by atoms with E-state index in [0.29, 0.717) is 25.1 Å². The van der Waals surface area contributed by atoms with Crippen molar-refractivity contribution >= 4 is 0 Å². The van der Waals surface area contributed by atoms with E-state index in [1.165, 1.54) is 27.7 Å². The molecule has 12 heteroatoms. The molecule has 0 saturated heterocycles. The predicted octanol–water partition coefficient (Wildman–Crippen LogP) is 11.3. The molecule has 4 rings (SSSR count). The zero-order valence-corrected chi connectivity index (χ0v) is 23.6. The minimum absolute atomic E-state index is 0.0386. The molecule has 0 bridgehead atoms. The van der Waals surface area contributed by atoms with Gasteiger partial charge in [0.1, 0.15) is 0 Å². The second-order valence-corrected chi connectivity index (χ2v) is 10.6. The summed E-state index contributed by atoms with van der Waals surface area (Å²) >= 11 is 0. The molecule has 0 N–H and O–H groups in total. The molecule has 4 aromatic rings. The van der Waals surface area contributed by atoms with Crippen LogP contribution in [-0.2, 0) is 0 Å². The minimum Gasteiger partial charge on any atom is -0.203 e. The lowest BCUT2D eigenvalue weighted by atomic mass is 9.88. The first-order valence-corrected chi connectivity index (χ1v) is 13.2. The molecular formula is C32H22F12. The van der Waals surface area contributed by atoms with Gasteiger partial charge in [-0.15, -0.1) is 0 Å². The highest BCUT2D eigenvalue weighted by molar-refractivity contribution is 5.83. The first kappa shape index (κ1) is 32.9. The summed E-state index contributed by atoms with van der Waals surface area (Å²) in [4.78, 5) is 0. The molecule has 0 fully saturated rings. The molecule has 0 heterocycles. The van der Waals surface area contributed by atoms with Gasteiger partial charge in [0.25, 0.3) is 0 Å². The smallest absolute Gasteiger partial charge is 0.170 e. The Morgan fingerprint density at radius 2 is 0.705 bits per heavy atom. The van der Waals surface area contributed by atoms with Crippen LogP contribution in [0.4, 0.5) is 52.7 Å². The van der Waals surface area contributed by atoms with Gasteiger partial charge in [-0.3, -0.25) is 0 Å². The Morgan fingerprint density at radius 3 is 0.977 bits per heavy atom. The summed E-state index contributed by atoms with van der Waals surface area (Å²) in [6, 6.07) is 1.32. The van der Waals surface area contributed by atoms with Gasteiger partial charge in [0.2, 0.25) is 0 Å². The Labute approximate surface area is 244 Å². The van der Waals surface area contributed by atoms with Crippen LogP contribution < -0.4 is 0 Å². The topological polar surface area (TPSA) is 0 Å². The summed E-state index contributed by atoms with van der Waals surface area (Å²) in [7, 11) is 0. The van der Waals surface area contributed by atoms with Gasteiger partial charge in [-0.1, -0.05) is 27.7 Å². The molecule has 0 amide bonds. The number of benzene rings is 4. The van der Waals surface area contributed by atoms with Crippen molar-refractivity contribution in [3.8, 4) is 33.4 Å². The number of rotatable bonds is 6. The van der Waals surface area contributed by atoms with Crippen LogP contribution in [-0.4, -0.2) is 0 Å². The zero-order valence-electron chi connectivity index (χ0n) is 23.6. The van der Waals surface area contributed by atoms with Crippen LogP contribution >= 0.6 is 0 Å². The van der Waals surface area contributed by atoms with Crippen molar-refractivity contribution < 1.29 is 52.7 Å². The van der Waals surface area contributed by atoms with Crippen LogP contribution in [0.3, 0.4) is 0 Å². The maximum Gasteiger partial charge on any atom is 0.170 e. The van der Waals surface area contributed by atoms with Gasteiger partial charge in [-0.05, 0) is 60.1 Å². The van der Waals surface area contributed by atoms with E-state index in [4.69, 9.17) is 0 Å². The van der Waals surface area contributed by atoms with Crippen LogP contribution in [0.1, 0.15) is 62.6 Å². The van der Waals surface area contributed by atoms with Gasteiger partial charge >= 0.3 is 0 Å². The van der Waals surface area contributed by atoms with E-state index in [2.05, 4.69) is 0 Å². The fourth-order valence-corrected chi connectivity index (χ4v) is 5.00. The standard InChI is InChI=1S/C32H22F12/c1-6-11(4)17-25(37)31(43)20(32(44)26(17)38)15-8-13(18-27(39)21(33)12(5)22(34)28(18)40)7-14(9-15)19-29(41)23(35)16(10(2)3)24(36)30(19)42/h7-11H,6H2,1-5H3. The van der Waals surface area contributed by atoms with E-state index in [0.717, 1.165) is 0 Å². The molecule has 0 aliphatic carbocycles. The summed E-state index contributed by atoms with van der Waals surface area (Å²) in [6.07, 6.45) is 0.0386. The van der Waals surface area contributed by atoms with E-state index in [1.54, 1.807) is 0 Å². The molecule has 1 atom stereocenters. The zero-order chi connectivity index (χ0) is 33.1. The summed E-state index contributed by atoms with van der Waals surface area (Å²) in [6.45, 7) is 5.84. The highest BCUT2D eigenvalue weighted by atomic mass is 19.2. The first-order valence-electron chi connectivity index (χ1n) is 13.2. The highest BCUT2D eigenvalue weighted by Crippen LogP contribution is 2.43. The highest BCUT2D eigenvalue weighted by Gasteiger charge is 2.32. The molecule has 234 valence electrons. The lowest BCUT2D eigenvalue weighted by Crippen LogP contribution is -2.10. The van der Waals surface area contributed by atoms with Crippen LogP contribution in [0.15, 0.2) is 18.2 Å². The summed E-state index contributed by atoms with van der Waals surface area (Å²) in [5, 5.41) is 0. The van der Waals surface area contributed by atoms with E-state index < -0.39 is 132 Å². The monoisotopic (exact) mass is 634 g/mol. The van der Waals surface area contributed by atoms with Crippen molar-refractivity contribution in [2.75, 3.05) is 0 Å². The van der Waals surface area contributed by atoms with E-state index in [-0.39, 0.29) is 6.42 Å². The maximum absolute atomic E-state index is 15.4. The van der Waals surface area contributed by atoms with Crippen LogP contribution in [0.2, 0.25) is 0 Å². The van der Waals surface area contributed by atoms with Crippen molar-refractivity contribution in [3.05, 3.63) is 105 Å². The second-order valence-electron chi connectivity index (χ2n) is 10.6. The van der Waals surface area contributed by atoms with Crippen molar-refractivity contribution in [2.24, 2.45) is 0 Å². The molecule has 0 aromatic heterocycles. The quantitative estimate of drug-likeness (QED) is 0.146. The number of hydrogen-bond donors (Lipinski definition) is 0. The predicted molar refractivity (Wildman–Crippen MR) is 140 cm³/mol. The van der Waals surface area contributed by atoms with E-state index in [1.807, 2.05) is 0 Å². The molecule has 0 radical (unpaired) electrons. The molecule has 0 saturated carbocycles. The largest absolute Gasteiger partial charge is 0.203 e. The Hall–Kier alpha value is -3.96. The summed E-state index contributed by atoms with van der Waals surface area (Å²) in [5.74, 6) is -25.7. The lowest BCUT2D eigenvalue weighted by Gasteiger charge is -2.19. The summed E-state index contributed by atoms with van der Waals surface area (Å²) in [5.41, 5.74) is -10.9. The normalized spacial score (nSPS) is 12.4. The van der Waals surface area contributed by atoms with Gasteiger partial charge in [-0.25, -0.2) is 52.7 Å². The molecular weight excluding hydrogens is 612 g/mol. The lowest BCUT2D eigenvalue weighted by molar-refractivity contribution is 0.431. The Bertz CT molecular complexity index is 1740. The molecule has 1 unspecified atom stereocenters. The fourth-order valence-electron chi connectivity index (χ4n) is 5.00. The van der Waals surface area contributed by atoms with Gasteiger partial charge in [0.15, 0.2) is 69.8 Å². The number of halogens is 12. The fraction of sp³-hybridized carbons (Fsp3) is 0.250. The van der Waals surface area contributed by atoms with Gasteiger partial charge in [0, 0.05) is 16.7 Å². The maximum atomic E-state index is 15.4. The Morgan fingerprint density at radius 1 is 0.432 bits per heavy atom. The Balaban J connectivity index is 2.21. The average Bonchev–Trinajstić information content (AvgIpc) is 2.97. The molecule has 4 aromatic carbocycles. The molecule has 0 aliphatic rings.